The lowest BCUT2D eigenvalue weighted by molar-refractivity contribution is -0.142. The fourth-order valence-corrected chi connectivity index (χ4v) is 5.24. The summed E-state index contributed by atoms with van der Waals surface area (Å²) in [6.45, 7) is 5.62. The fourth-order valence-electron chi connectivity index (χ4n) is 5.24. The van der Waals surface area contributed by atoms with E-state index in [2.05, 4.69) is 11.0 Å². The summed E-state index contributed by atoms with van der Waals surface area (Å²) in [7, 11) is 0. The van der Waals surface area contributed by atoms with Gasteiger partial charge in [0.2, 0.25) is 11.8 Å². The van der Waals surface area contributed by atoms with Crippen LogP contribution >= 0.6 is 0 Å². The summed E-state index contributed by atoms with van der Waals surface area (Å²) < 4.78 is 14.2. The summed E-state index contributed by atoms with van der Waals surface area (Å²) >= 11 is 0. The van der Waals surface area contributed by atoms with E-state index in [1.54, 1.807) is 23.1 Å². The van der Waals surface area contributed by atoms with Crippen LogP contribution in [0.2, 0.25) is 0 Å². The van der Waals surface area contributed by atoms with Crippen LogP contribution in [0.3, 0.4) is 0 Å². The molecule has 6 nitrogen and oxygen atoms in total. The second-order valence-corrected chi connectivity index (χ2v) is 8.52. The lowest BCUT2D eigenvalue weighted by atomic mass is 10.0. The van der Waals surface area contributed by atoms with E-state index in [1.807, 2.05) is 18.7 Å². The van der Waals surface area contributed by atoms with Gasteiger partial charge in [0.25, 0.3) is 0 Å². The van der Waals surface area contributed by atoms with Crippen molar-refractivity contribution >= 4 is 11.8 Å². The number of hydrogen-bond donors (Lipinski definition) is 0. The van der Waals surface area contributed by atoms with Gasteiger partial charge in [-0.3, -0.25) is 14.5 Å². The van der Waals surface area contributed by atoms with E-state index < -0.39 is 0 Å². The number of nitriles is 1. The average Bonchev–Trinajstić information content (AvgIpc) is 3.41. The summed E-state index contributed by atoms with van der Waals surface area (Å²) in [5.74, 6) is -0.522. The van der Waals surface area contributed by atoms with Crippen molar-refractivity contribution in [1.82, 2.24) is 14.7 Å². The van der Waals surface area contributed by atoms with Crippen molar-refractivity contribution in [1.29, 1.82) is 5.26 Å². The molecule has 0 saturated carbocycles. The van der Waals surface area contributed by atoms with E-state index in [-0.39, 0.29) is 47.7 Å². The van der Waals surface area contributed by atoms with Crippen LogP contribution < -0.4 is 0 Å². The molecule has 3 aliphatic rings. The quantitative estimate of drug-likeness (QED) is 0.763. The van der Waals surface area contributed by atoms with Crippen LogP contribution in [0.15, 0.2) is 24.3 Å². The first-order chi connectivity index (χ1) is 13.9. The van der Waals surface area contributed by atoms with Crippen molar-refractivity contribution in [3.8, 4) is 6.07 Å². The number of rotatable bonds is 5. The molecule has 2 bridgehead atoms. The molecule has 1 aromatic rings. The third-order valence-corrected chi connectivity index (χ3v) is 6.70. The van der Waals surface area contributed by atoms with Gasteiger partial charge in [0.05, 0.1) is 18.2 Å². The number of hydrogen-bond acceptors (Lipinski definition) is 4. The predicted octanol–water partition coefficient (Wildman–Crippen LogP) is 2.32. The lowest BCUT2D eigenvalue weighted by Gasteiger charge is -2.38. The number of nitrogens with zero attached hydrogens (tertiary/aromatic N) is 4. The number of fused-ring (bicyclic) bond motifs is 2. The van der Waals surface area contributed by atoms with E-state index in [0.717, 1.165) is 19.3 Å². The molecule has 3 heterocycles. The van der Waals surface area contributed by atoms with Crippen LogP contribution in [0, 0.1) is 23.1 Å². The van der Waals surface area contributed by atoms with Gasteiger partial charge in [-0.05, 0) is 32.3 Å². The van der Waals surface area contributed by atoms with Crippen molar-refractivity contribution in [2.45, 2.75) is 57.3 Å². The number of likely N-dealkylation sites (tertiary alicyclic amines) is 3. The Morgan fingerprint density at radius 2 is 2.10 bits per heavy atom. The van der Waals surface area contributed by atoms with E-state index in [4.69, 9.17) is 0 Å². The highest BCUT2D eigenvalue weighted by atomic mass is 19.1. The minimum absolute atomic E-state index is 0.000790. The summed E-state index contributed by atoms with van der Waals surface area (Å²) in [5, 5.41) is 9.24. The van der Waals surface area contributed by atoms with Gasteiger partial charge in [-0.15, -0.1) is 0 Å². The van der Waals surface area contributed by atoms with Crippen molar-refractivity contribution in [3.63, 3.8) is 0 Å². The number of carbonyl (C=O) groups is 2. The van der Waals surface area contributed by atoms with Crippen molar-refractivity contribution in [2.75, 3.05) is 19.6 Å². The van der Waals surface area contributed by atoms with Crippen molar-refractivity contribution in [2.24, 2.45) is 5.92 Å². The largest absolute Gasteiger partial charge is 0.330 e. The minimum Gasteiger partial charge on any atom is -0.330 e. The van der Waals surface area contributed by atoms with Gasteiger partial charge >= 0.3 is 0 Å². The lowest BCUT2D eigenvalue weighted by Crippen LogP contribution is -2.53. The minimum atomic E-state index is -0.321. The molecule has 3 aliphatic heterocycles. The van der Waals surface area contributed by atoms with E-state index in [9.17, 15) is 19.2 Å². The van der Waals surface area contributed by atoms with Crippen LogP contribution in [-0.2, 0) is 9.59 Å². The summed E-state index contributed by atoms with van der Waals surface area (Å²) in [6.07, 6.45) is 2.33. The number of piperazine rings is 1. The normalized spacial score (nSPS) is 28.6. The number of amides is 2. The van der Waals surface area contributed by atoms with Crippen molar-refractivity contribution < 1.29 is 14.0 Å². The first kappa shape index (κ1) is 19.8. The van der Waals surface area contributed by atoms with E-state index in [0.29, 0.717) is 25.2 Å². The average molecular weight is 398 g/mol. The molecule has 0 aliphatic carbocycles. The Morgan fingerprint density at radius 1 is 1.34 bits per heavy atom. The zero-order valence-electron chi connectivity index (χ0n) is 16.9. The second-order valence-electron chi connectivity index (χ2n) is 8.52. The first-order valence-corrected chi connectivity index (χ1v) is 10.4. The number of carbonyl (C=O) groups excluding carboxylic acids is 2. The van der Waals surface area contributed by atoms with Crippen LogP contribution in [-0.4, -0.2) is 64.3 Å². The molecule has 29 heavy (non-hydrogen) atoms. The van der Waals surface area contributed by atoms with Crippen LogP contribution in [0.4, 0.5) is 4.39 Å². The Bertz CT molecular complexity index is 853. The Labute approximate surface area is 170 Å². The first-order valence-electron chi connectivity index (χ1n) is 10.4. The van der Waals surface area contributed by atoms with Gasteiger partial charge in [-0.2, -0.15) is 5.26 Å². The molecular formula is C22H27FN4O2. The van der Waals surface area contributed by atoms with Gasteiger partial charge in [0.1, 0.15) is 11.9 Å². The molecule has 154 valence electrons. The zero-order valence-corrected chi connectivity index (χ0v) is 16.9. The third kappa shape index (κ3) is 3.40. The standard InChI is InChI=1S/C22H27FN4O2/c1-14(21(28)26-9-5-6-16(26)11-24)12-25-13-17-10-20(25)22(29)27(17)15(2)18-7-3-4-8-19(18)23/h3-4,7-8,14-17,20H,5-6,9-10,12-13H2,1-2H3/t14-,15+,16-,17?,20-/m0/s1. The van der Waals surface area contributed by atoms with Crippen molar-refractivity contribution in [3.05, 3.63) is 35.6 Å². The van der Waals surface area contributed by atoms with E-state index in [1.165, 1.54) is 6.07 Å². The number of halogens is 1. The Hall–Kier alpha value is -2.46. The van der Waals surface area contributed by atoms with Gasteiger partial charge in [0, 0.05) is 37.2 Å². The van der Waals surface area contributed by atoms with Crippen LogP contribution in [0.25, 0.3) is 0 Å². The van der Waals surface area contributed by atoms with Gasteiger partial charge in [0.15, 0.2) is 0 Å². The molecule has 0 aromatic heterocycles. The highest BCUT2D eigenvalue weighted by Crippen LogP contribution is 2.38. The molecule has 1 aromatic carbocycles. The Morgan fingerprint density at radius 3 is 2.79 bits per heavy atom. The molecule has 0 spiro atoms. The third-order valence-electron chi connectivity index (χ3n) is 6.70. The van der Waals surface area contributed by atoms with Crippen LogP contribution in [0.5, 0.6) is 0 Å². The predicted molar refractivity (Wildman–Crippen MR) is 105 cm³/mol. The van der Waals surface area contributed by atoms with Gasteiger partial charge in [-0.25, -0.2) is 4.39 Å². The molecule has 0 radical (unpaired) electrons. The fraction of sp³-hybridized carbons (Fsp3) is 0.591. The molecule has 7 heteroatoms. The highest BCUT2D eigenvalue weighted by molar-refractivity contribution is 5.86. The second kappa shape index (κ2) is 7.75. The number of benzene rings is 1. The summed E-state index contributed by atoms with van der Waals surface area (Å²) in [4.78, 5) is 31.4. The molecule has 1 unspecified atom stereocenters. The Balaban J connectivity index is 1.40. The summed E-state index contributed by atoms with van der Waals surface area (Å²) in [6, 6.07) is 8.00. The molecule has 5 atom stereocenters. The maximum atomic E-state index is 14.2. The van der Waals surface area contributed by atoms with Gasteiger partial charge < -0.3 is 9.80 Å². The summed E-state index contributed by atoms with van der Waals surface area (Å²) in [5.41, 5.74) is 0.542. The zero-order chi connectivity index (χ0) is 20.7. The molecule has 3 fully saturated rings. The highest BCUT2D eigenvalue weighted by Gasteiger charge is 2.51. The molecule has 2 amide bonds. The van der Waals surface area contributed by atoms with E-state index >= 15 is 0 Å². The van der Waals surface area contributed by atoms with Gasteiger partial charge in [-0.1, -0.05) is 25.1 Å². The SMILES string of the molecule is C[C@H](c1ccccc1F)N1C(=O)[C@@H]2CC1CN2C[C@H](C)C(=O)N1CCC[C@H]1C#N. The molecule has 0 N–H and O–H groups in total. The molecule has 3 saturated heterocycles. The molecular weight excluding hydrogens is 371 g/mol. The monoisotopic (exact) mass is 398 g/mol. The Kier molecular flexibility index (Phi) is 5.30. The molecule has 4 rings (SSSR count). The maximum absolute atomic E-state index is 14.2. The van der Waals surface area contributed by atoms with Crippen LogP contribution in [0.1, 0.15) is 44.7 Å². The maximum Gasteiger partial charge on any atom is 0.240 e. The smallest absolute Gasteiger partial charge is 0.240 e. The topological polar surface area (TPSA) is 67.7 Å².